The molecule has 1 atom stereocenters. The van der Waals surface area contributed by atoms with Crippen LogP contribution in [0.25, 0.3) is 0 Å². The lowest BCUT2D eigenvalue weighted by molar-refractivity contribution is 0.211. The molecule has 0 amide bonds. The maximum absolute atomic E-state index is 8.96. The van der Waals surface area contributed by atoms with Crippen LogP contribution in [-0.4, -0.2) is 24.7 Å². The first kappa shape index (κ1) is 11.9. The molecule has 0 aliphatic carbocycles. The summed E-state index contributed by atoms with van der Waals surface area (Å²) in [5.41, 5.74) is 1.39. The van der Waals surface area contributed by atoms with Crippen LogP contribution in [0.3, 0.4) is 0 Å². The highest BCUT2D eigenvalue weighted by Crippen LogP contribution is 2.17. The van der Waals surface area contributed by atoms with Gasteiger partial charge in [0, 0.05) is 18.2 Å². The first-order valence-electron chi connectivity index (χ1n) is 6.01. The van der Waals surface area contributed by atoms with Crippen molar-refractivity contribution in [3.63, 3.8) is 0 Å². The van der Waals surface area contributed by atoms with Gasteiger partial charge in [-0.2, -0.15) is 5.26 Å². The monoisotopic (exact) mass is 231 g/mol. The van der Waals surface area contributed by atoms with E-state index in [1.807, 2.05) is 13.0 Å². The average Bonchev–Trinajstić information content (AvgIpc) is 2.38. The Morgan fingerprint density at radius 2 is 2.47 bits per heavy atom. The number of aryl methyl sites for hydroxylation is 1. The zero-order chi connectivity index (χ0) is 12.1. The van der Waals surface area contributed by atoms with Crippen molar-refractivity contribution in [3.05, 3.63) is 23.4 Å². The van der Waals surface area contributed by atoms with Gasteiger partial charge >= 0.3 is 0 Å². The van der Waals surface area contributed by atoms with Crippen molar-refractivity contribution in [2.75, 3.05) is 19.7 Å². The quantitative estimate of drug-likeness (QED) is 0.859. The Morgan fingerprint density at radius 1 is 1.59 bits per heavy atom. The van der Waals surface area contributed by atoms with Crippen LogP contribution in [0.4, 0.5) is 0 Å². The molecular weight excluding hydrogens is 214 g/mol. The van der Waals surface area contributed by atoms with Crippen molar-refractivity contribution >= 4 is 0 Å². The van der Waals surface area contributed by atoms with Gasteiger partial charge in [-0.15, -0.1) is 0 Å². The standard InChI is InChI=1S/C13H17N3O/c1-10-4-5-12(7-14)13(16-10)17-9-11-3-2-6-15-8-11/h4-5,11,15H,2-3,6,8-9H2,1H3. The summed E-state index contributed by atoms with van der Waals surface area (Å²) in [4.78, 5) is 4.26. The third kappa shape index (κ3) is 3.18. The number of nitrogens with one attached hydrogen (secondary N) is 1. The number of nitriles is 1. The summed E-state index contributed by atoms with van der Waals surface area (Å²) in [6, 6.07) is 5.70. The van der Waals surface area contributed by atoms with E-state index in [0.717, 1.165) is 18.8 Å². The molecule has 1 saturated heterocycles. The largest absolute Gasteiger partial charge is 0.476 e. The van der Waals surface area contributed by atoms with Crippen LogP contribution in [0.5, 0.6) is 5.88 Å². The van der Waals surface area contributed by atoms with E-state index in [0.29, 0.717) is 24.0 Å². The Balaban J connectivity index is 1.98. The topological polar surface area (TPSA) is 57.9 Å². The van der Waals surface area contributed by atoms with Gasteiger partial charge in [0.25, 0.3) is 0 Å². The van der Waals surface area contributed by atoms with Gasteiger partial charge in [0.2, 0.25) is 5.88 Å². The normalized spacial score (nSPS) is 19.6. The fourth-order valence-electron chi connectivity index (χ4n) is 1.99. The Bertz CT molecular complexity index is 419. The van der Waals surface area contributed by atoms with Crippen LogP contribution in [0.2, 0.25) is 0 Å². The highest BCUT2D eigenvalue weighted by Gasteiger charge is 2.15. The van der Waals surface area contributed by atoms with Gasteiger partial charge in [-0.25, -0.2) is 4.98 Å². The smallest absolute Gasteiger partial charge is 0.231 e. The summed E-state index contributed by atoms with van der Waals surface area (Å²) in [6.07, 6.45) is 2.38. The number of rotatable bonds is 3. The molecule has 0 radical (unpaired) electrons. The minimum atomic E-state index is 0.470. The molecule has 2 heterocycles. The van der Waals surface area contributed by atoms with E-state index < -0.39 is 0 Å². The van der Waals surface area contributed by atoms with E-state index >= 15 is 0 Å². The predicted octanol–water partition coefficient (Wildman–Crippen LogP) is 1.64. The second-order valence-corrected chi connectivity index (χ2v) is 4.44. The highest BCUT2D eigenvalue weighted by molar-refractivity contribution is 5.38. The van der Waals surface area contributed by atoms with Crippen LogP contribution in [-0.2, 0) is 0 Å². The molecule has 1 aliphatic rings. The molecule has 1 unspecified atom stereocenters. The molecule has 4 nitrogen and oxygen atoms in total. The Labute approximate surface area is 102 Å². The van der Waals surface area contributed by atoms with E-state index in [-0.39, 0.29) is 0 Å². The number of piperidine rings is 1. The summed E-state index contributed by atoms with van der Waals surface area (Å²) in [7, 11) is 0. The van der Waals surface area contributed by atoms with Crippen molar-refractivity contribution in [1.29, 1.82) is 5.26 Å². The summed E-state index contributed by atoms with van der Waals surface area (Å²) in [5, 5.41) is 12.3. The zero-order valence-corrected chi connectivity index (χ0v) is 10.1. The Hall–Kier alpha value is -1.60. The van der Waals surface area contributed by atoms with Crippen molar-refractivity contribution < 1.29 is 4.74 Å². The highest BCUT2D eigenvalue weighted by atomic mass is 16.5. The zero-order valence-electron chi connectivity index (χ0n) is 10.1. The van der Waals surface area contributed by atoms with E-state index in [9.17, 15) is 0 Å². The Morgan fingerprint density at radius 3 is 3.18 bits per heavy atom. The van der Waals surface area contributed by atoms with E-state index in [4.69, 9.17) is 10.00 Å². The van der Waals surface area contributed by atoms with Gasteiger partial charge in [-0.1, -0.05) is 0 Å². The lowest BCUT2D eigenvalue weighted by Gasteiger charge is -2.22. The minimum Gasteiger partial charge on any atom is -0.476 e. The lowest BCUT2D eigenvalue weighted by Crippen LogP contribution is -2.33. The maximum atomic E-state index is 8.96. The third-order valence-electron chi connectivity index (χ3n) is 2.97. The van der Waals surface area contributed by atoms with Gasteiger partial charge in [0.1, 0.15) is 11.6 Å². The number of pyridine rings is 1. The molecule has 17 heavy (non-hydrogen) atoms. The molecule has 1 aromatic heterocycles. The number of hydrogen-bond acceptors (Lipinski definition) is 4. The van der Waals surface area contributed by atoms with Crippen molar-refractivity contribution in [2.24, 2.45) is 5.92 Å². The summed E-state index contributed by atoms with van der Waals surface area (Å²) in [6.45, 7) is 4.63. The number of aromatic nitrogens is 1. The van der Waals surface area contributed by atoms with Crippen molar-refractivity contribution in [3.8, 4) is 11.9 Å². The fourth-order valence-corrected chi connectivity index (χ4v) is 1.99. The molecule has 1 fully saturated rings. The van der Waals surface area contributed by atoms with Crippen molar-refractivity contribution in [1.82, 2.24) is 10.3 Å². The lowest BCUT2D eigenvalue weighted by atomic mass is 10.0. The van der Waals surface area contributed by atoms with E-state index in [2.05, 4.69) is 16.4 Å². The number of ether oxygens (including phenoxy) is 1. The molecule has 0 aromatic carbocycles. The van der Waals surface area contributed by atoms with Gasteiger partial charge in [-0.05, 0) is 38.4 Å². The molecule has 0 saturated carbocycles. The second-order valence-electron chi connectivity index (χ2n) is 4.44. The van der Waals surface area contributed by atoms with Gasteiger partial charge in [0.05, 0.1) is 6.61 Å². The molecular formula is C13H17N3O. The first-order valence-corrected chi connectivity index (χ1v) is 6.01. The van der Waals surface area contributed by atoms with Crippen LogP contribution in [0.15, 0.2) is 12.1 Å². The first-order chi connectivity index (χ1) is 8.29. The van der Waals surface area contributed by atoms with Crippen molar-refractivity contribution in [2.45, 2.75) is 19.8 Å². The van der Waals surface area contributed by atoms with Gasteiger partial charge in [-0.3, -0.25) is 0 Å². The number of hydrogen-bond donors (Lipinski definition) is 1. The summed E-state index contributed by atoms with van der Waals surface area (Å²) >= 11 is 0. The van der Waals surface area contributed by atoms with E-state index in [1.165, 1.54) is 12.8 Å². The minimum absolute atomic E-state index is 0.470. The van der Waals surface area contributed by atoms with E-state index in [1.54, 1.807) is 6.07 Å². The second kappa shape index (κ2) is 5.65. The molecule has 90 valence electrons. The molecule has 1 aliphatic heterocycles. The van der Waals surface area contributed by atoms with Crippen LogP contribution in [0.1, 0.15) is 24.1 Å². The van der Waals surface area contributed by atoms with Crippen LogP contribution >= 0.6 is 0 Å². The summed E-state index contributed by atoms with van der Waals surface area (Å²) in [5.74, 6) is 0.996. The number of nitrogens with zero attached hydrogens (tertiary/aromatic N) is 2. The molecule has 0 bridgehead atoms. The fraction of sp³-hybridized carbons (Fsp3) is 0.538. The average molecular weight is 231 g/mol. The molecule has 1 aromatic rings. The molecule has 2 rings (SSSR count). The van der Waals surface area contributed by atoms with Crippen LogP contribution in [0, 0.1) is 24.2 Å². The molecule has 1 N–H and O–H groups in total. The maximum Gasteiger partial charge on any atom is 0.231 e. The van der Waals surface area contributed by atoms with Crippen LogP contribution < -0.4 is 10.1 Å². The molecule has 0 spiro atoms. The predicted molar refractivity (Wildman–Crippen MR) is 64.8 cm³/mol. The van der Waals surface area contributed by atoms with Gasteiger partial charge in [0.15, 0.2) is 0 Å². The summed E-state index contributed by atoms with van der Waals surface area (Å²) < 4.78 is 5.67. The SMILES string of the molecule is Cc1ccc(C#N)c(OCC2CCCNC2)n1. The Kier molecular flexibility index (Phi) is 3.94. The van der Waals surface area contributed by atoms with Gasteiger partial charge < -0.3 is 10.1 Å². The molecule has 4 heteroatoms. The third-order valence-corrected chi connectivity index (χ3v) is 2.97.